The quantitative estimate of drug-likeness (QED) is 0.298. The topological polar surface area (TPSA) is 96.0 Å². The third kappa shape index (κ3) is 7.55. The van der Waals surface area contributed by atoms with Crippen LogP contribution in [0.1, 0.15) is 37.8 Å². The van der Waals surface area contributed by atoms with Crippen LogP contribution in [0.3, 0.4) is 0 Å². The molecule has 2 amide bonds. The molecule has 0 saturated carbocycles. The maximum Gasteiger partial charge on any atom is 0.264 e. The number of nitrogens with one attached hydrogen (secondary N) is 1. The van der Waals surface area contributed by atoms with Gasteiger partial charge >= 0.3 is 0 Å². The number of carbonyl (C=O) groups is 2. The molecule has 0 fully saturated rings. The predicted molar refractivity (Wildman–Crippen MR) is 158 cm³/mol. The van der Waals surface area contributed by atoms with Crippen molar-refractivity contribution in [2.75, 3.05) is 24.5 Å². The highest BCUT2D eigenvalue weighted by Crippen LogP contribution is 2.31. The smallest absolute Gasteiger partial charge is 0.264 e. The number of halogens is 1. The van der Waals surface area contributed by atoms with Crippen LogP contribution in [0.4, 0.5) is 5.69 Å². The first-order valence-corrected chi connectivity index (χ1v) is 15.0. The van der Waals surface area contributed by atoms with Gasteiger partial charge in [0.15, 0.2) is 0 Å². The average Bonchev–Trinajstić information content (AvgIpc) is 2.95. The molecule has 0 saturated heterocycles. The zero-order valence-electron chi connectivity index (χ0n) is 23.3. The van der Waals surface area contributed by atoms with Crippen LogP contribution in [0.2, 0.25) is 5.02 Å². The Kier molecular flexibility index (Phi) is 11.0. The highest BCUT2D eigenvalue weighted by atomic mass is 35.5. The minimum Gasteiger partial charge on any atom is -0.497 e. The van der Waals surface area contributed by atoms with Gasteiger partial charge in [0.1, 0.15) is 18.3 Å². The minimum absolute atomic E-state index is 0.0280. The van der Waals surface area contributed by atoms with Gasteiger partial charge in [-0.25, -0.2) is 8.42 Å². The van der Waals surface area contributed by atoms with Crippen LogP contribution in [0.15, 0.2) is 77.7 Å². The van der Waals surface area contributed by atoms with Crippen LogP contribution in [-0.4, -0.2) is 51.4 Å². The molecule has 0 spiro atoms. The number of benzene rings is 3. The number of aryl methyl sites for hydroxylation is 1. The number of para-hydroxylation sites is 1. The van der Waals surface area contributed by atoms with Crippen molar-refractivity contribution in [2.24, 2.45) is 0 Å². The lowest BCUT2D eigenvalue weighted by atomic mass is 10.1. The van der Waals surface area contributed by atoms with E-state index in [0.717, 1.165) is 21.9 Å². The SMILES string of the molecule is CCCNC(=O)[C@H](CC)N(Cc1ccc(OC)cc1)C(=O)CN(c1ccccc1Cl)S(=O)(=O)c1ccc(C)cc1. The van der Waals surface area contributed by atoms with Crippen LogP contribution in [-0.2, 0) is 26.2 Å². The molecule has 40 heavy (non-hydrogen) atoms. The van der Waals surface area contributed by atoms with Gasteiger partial charge in [-0.2, -0.15) is 0 Å². The standard InChI is InChI=1S/C30H36ClN3O5S/c1-5-19-32-30(36)27(6-2)33(20-23-13-15-24(39-4)16-14-23)29(35)21-34(28-10-8-7-9-26(28)31)40(37,38)25-17-11-22(3)12-18-25/h7-18,27H,5-6,19-21H2,1-4H3,(H,32,36)/t27-/m0/s1. The largest absolute Gasteiger partial charge is 0.497 e. The number of nitrogens with zero attached hydrogens (tertiary/aromatic N) is 2. The maximum absolute atomic E-state index is 14.0. The molecule has 0 aliphatic heterocycles. The van der Waals surface area contributed by atoms with Crippen molar-refractivity contribution in [1.82, 2.24) is 10.2 Å². The molecule has 3 aromatic carbocycles. The number of anilines is 1. The zero-order valence-corrected chi connectivity index (χ0v) is 24.8. The van der Waals surface area contributed by atoms with Gasteiger partial charge < -0.3 is 15.0 Å². The van der Waals surface area contributed by atoms with E-state index in [1.807, 2.05) is 32.9 Å². The predicted octanol–water partition coefficient (Wildman–Crippen LogP) is 5.19. The van der Waals surface area contributed by atoms with E-state index in [1.165, 1.54) is 17.0 Å². The van der Waals surface area contributed by atoms with Crippen molar-refractivity contribution in [3.63, 3.8) is 0 Å². The molecule has 0 bridgehead atoms. The Bertz CT molecular complexity index is 1400. The lowest BCUT2D eigenvalue weighted by Crippen LogP contribution is -2.52. The van der Waals surface area contributed by atoms with E-state index >= 15 is 0 Å². The summed E-state index contributed by atoms with van der Waals surface area (Å²) in [5.41, 5.74) is 1.83. The molecule has 0 aromatic heterocycles. The van der Waals surface area contributed by atoms with Crippen molar-refractivity contribution in [3.05, 3.63) is 88.9 Å². The molecule has 3 aromatic rings. The fraction of sp³-hybridized carbons (Fsp3) is 0.333. The van der Waals surface area contributed by atoms with E-state index in [-0.39, 0.29) is 28.1 Å². The van der Waals surface area contributed by atoms with Gasteiger partial charge in [-0.05, 0) is 61.7 Å². The maximum atomic E-state index is 14.0. The number of rotatable bonds is 13. The highest BCUT2D eigenvalue weighted by molar-refractivity contribution is 7.92. The Morgan fingerprint density at radius 1 is 0.975 bits per heavy atom. The second kappa shape index (κ2) is 14.2. The third-order valence-electron chi connectivity index (χ3n) is 6.46. The van der Waals surface area contributed by atoms with Crippen LogP contribution in [0.25, 0.3) is 0 Å². The van der Waals surface area contributed by atoms with Gasteiger partial charge in [0.2, 0.25) is 11.8 Å². The van der Waals surface area contributed by atoms with E-state index < -0.39 is 28.5 Å². The van der Waals surface area contributed by atoms with Gasteiger partial charge in [0.05, 0.1) is 22.7 Å². The van der Waals surface area contributed by atoms with Gasteiger partial charge in [0.25, 0.3) is 10.0 Å². The molecule has 8 nitrogen and oxygen atoms in total. The fourth-order valence-electron chi connectivity index (χ4n) is 4.22. The normalized spacial score (nSPS) is 11.9. The lowest BCUT2D eigenvalue weighted by molar-refractivity contribution is -0.140. The molecule has 214 valence electrons. The van der Waals surface area contributed by atoms with Crippen molar-refractivity contribution in [3.8, 4) is 5.75 Å². The second-order valence-corrected chi connectivity index (χ2v) is 11.6. The first kappa shape index (κ1) is 31.0. The number of methoxy groups -OCH3 is 1. The molecule has 10 heteroatoms. The van der Waals surface area contributed by atoms with Gasteiger partial charge in [-0.3, -0.25) is 13.9 Å². The summed E-state index contributed by atoms with van der Waals surface area (Å²) in [5.74, 6) is -0.176. The lowest BCUT2D eigenvalue weighted by Gasteiger charge is -2.33. The van der Waals surface area contributed by atoms with Crippen molar-refractivity contribution >= 4 is 39.1 Å². The first-order valence-electron chi connectivity index (χ1n) is 13.2. The summed E-state index contributed by atoms with van der Waals surface area (Å²) in [6.07, 6.45) is 1.08. The number of amides is 2. The molecule has 0 radical (unpaired) electrons. The molecule has 0 unspecified atom stereocenters. The Balaban J connectivity index is 2.05. The van der Waals surface area contributed by atoms with Crippen LogP contribution in [0, 0.1) is 6.92 Å². The first-order chi connectivity index (χ1) is 19.1. The Hall–Kier alpha value is -3.56. The van der Waals surface area contributed by atoms with Crippen molar-refractivity contribution in [2.45, 2.75) is 51.1 Å². The van der Waals surface area contributed by atoms with E-state index in [2.05, 4.69) is 5.32 Å². The fourth-order valence-corrected chi connectivity index (χ4v) is 5.94. The summed E-state index contributed by atoms with van der Waals surface area (Å²) in [5, 5.41) is 3.05. The molecular weight excluding hydrogens is 550 g/mol. The molecule has 0 heterocycles. The number of sulfonamides is 1. The molecule has 0 aliphatic rings. The number of hydrogen-bond donors (Lipinski definition) is 1. The van der Waals surface area contributed by atoms with Crippen molar-refractivity contribution in [1.29, 1.82) is 0 Å². The van der Waals surface area contributed by atoms with Gasteiger partial charge in [-0.1, -0.05) is 67.4 Å². The molecular formula is C30H36ClN3O5S. The zero-order chi connectivity index (χ0) is 29.3. The van der Waals surface area contributed by atoms with E-state index in [9.17, 15) is 18.0 Å². The van der Waals surface area contributed by atoms with Crippen LogP contribution in [0.5, 0.6) is 5.75 Å². The van der Waals surface area contributed by atoms with Crippen LogP contribution >= 0.6 is 11.6 Å². The van der Waals surface area contributed by atoms with Crippen molar-refractivity contribution < 1.29 is 22.7 Å². The number of carbonyl (C=O) groups excluding carboxylic acids is 2. The summed E-state index contributed by atoms with van der Waals surface area (Å²) in [6.45, 7) is 5.64. The van der Waals surface area contributed by atoms with Crippen LogP contribution < -0.4 is 14.4 Å². The third-order valence-corrected chi connectivity index (χ3v) is 8.55. The monoisotopic (exact) mass is 585 g/mol. The summed E-state index contributed by atoms with van der Waals surface area (Å²) in [6, 6.07) is 19.2. The second-order valence-electron chi connectivity index (χ2n) is 9.36. The van der Waals surface area contributed by atoms with E-state index in [1.54, 1.807) is 55.6 Å². The molecule has 1 N–H and O–H groups in total. The molecule has 0 aliphatic carbocycles. The Labute approximate surface area is 241 Å². The Morgan fingerprint density at radius 3 is 2.20 bits per heavy atom. The molecule has 3 rings (SSSR count). The highest BCUT2D eigenvalue weighted by Gasteiger charge is 2.34. The summed E-state index contributed by atoms with van der Waals surface area (Å²) < 4.78 is 34.1. The number of hydrogen-bond acceptors (Lipinski definition) is 5. The number of ether oxygens (including phenoxy) is 1. The summed E-state index contributed by atoms with van der Waals surface area (Å²) in [4.78, 5) is 28.7. The summed E-state index contributed by atoms with van der Waals surface area (Å²) >= 11 is 6.45. The van der Waals surface area contributed by atoms with Gasteiger partial charge in [0, 0.05) is 13.1 Å². The average molecular weight is 586 g/mol. The van der Waals surface area contributed by atoms with E-state index in [0.29, 0.717) is 18.7 Å². The minimum atomic E-state index is -4.19. The van der Waals surface area contributed by atoms with Gasteiger partial charge in [-0.15, -0.1) is 0 Å². The molecule has 1 atom stereocenters. The Morgan fingerprint density at radius 2 is 1.62 bits per heavy atom. The summed E-state index contributed by atoms with van der Waals surface area (Å²) in [7, 11) is -2.62. The van der Waals surface area contributed by atoms with E-state index in [4.69, 9.17) is 16.3 Å².